The maximum atomic E-state index is 11.5. The van der Waals surface area contributed by atoms with Gasteiger partial charge < -0.3 is 13.9 Å². The number of esters is 1. The van der Waals surface area contributed by atoms with Crippen LogP contribution in [0.4, 0.5) is 0 Å². The first-order chi connectivity index (χ1) is 11.7. The largest absolute Gasteiger partial charge is 0.484 e. The Labute approximate surface area is 143 Å². The summed E-state index contributed by atoms with van der Waals surface area (Å²) in [6.07, 6.45) is 1.62. The van der Waals surface area contributed by atoms with Gasteiger partial charge >= 0.3 is 5.97 Å². The van der Waals surface area contributed by atoms with Crippen molar-refractivity contribution >= 4 is 17.6 Å². The second kappa shape index (κ2) is 7.19. The van der Waals surface area contributed by atoms with Gasteiger partial charge in [0.1, 0.15) is 5.75 Å². The molecule has 2 aromatic carbocycles. The summed E-state index contributed by atoms with van der Waals surface area (Å²) >= 11 is 5.97. The number of halogens is 1. The average Bonchev–Trinajstić information content (AvgIpc) is 3.08. The molecule has 0 aliphatic rings. The molecule has 3 rings (SSSR count). The lowest BCUT2D eigenvalue weighted by Gasteiger charge is -2.05. The van der Waals surface area contributed by atoms with Crippen molar-refractivity contribution in [2.24, 2.45) is 0 Å². The van der Waals surface area contributed by atoms with Gasteiger partial charge in [-0.3, -0.25) is 0 Å². The Kier molecular flexibility index (Phi) is 4.82. The molecule has 0 bridgehead atoms. The monoisotopic (exact) mass is 343 g/mol. The summed E-state index contributed by atoms with van der Waals surface area (Å²) in [5.41, 5.74) is 1.26. The Balaban J connectivity index is 1.69. The summed E-state index contributed by atoms with van der Waals surface area (Å²) in [5.74, 6) is 1.15. The molecule has 0 atom stereocenters. The number of ether oxygens (including phenoxy) is 2. The lowest BCUT2D eigenvalue weighted by molar-refractivity contribution is 0.0600. The summed E-state index contributed by atoms with van der Waals surface area (Å²) in [6, 6.07) is 14.0. The van der Waals surface area contributed by atoms with E-state index in [0.29, 0.717) is 28.0 Å². The SMILES string of the molecule is COC(=O)c1cccc(OCc2ncc(-c3cccc(Cl)c3)o2)c1. The Morgan fingerprint density at radius 1 is 1.21 bits per heavy atom. The molecule has 0 unspecified atom stereocenters. The van der Waals surface area contributed by atoms with Crippen LogP contribution >= 0.6 is 11.6 Å². The number of hydrogen-bond acceptors (Lipinski definition) is 5. The number of benzene rings is 2. The topological polar surface area (TPSA) is 61.6 Å². The van der Waals surface area contributed by atoms with E-state index in [0.717, 1.165) is 5.56 Å². The first-order valence-corrected chi connectivity index (χ1v) is 7.55. The zero-order valence-electron chi connectivity index (χ0n) is 12.9. The van der Waals surface area contributed by atoms with Gasteiger partial charge in [-0.1, -0.05) is 29.8 Å². The van der Waals surface area contributed by atoms with Gasteiger partial charge in [-0.15, -0.1) is 0 Å². The van der Waals surface area contributed by atoms with Crippen LogP contribution in [0.25, 0.3) is 11.3 Å². The standard InChI is InChI=1S/C18H14ClNO4/c1-22-18(21)13-5-3-7-15(9-13)23-11-17-20-10-16(24-17)12-4-2-6-14(19)8-12/h2-10H,11H2,1H3. The van der Waals surface area contributed by atoms with Crippen LogP contribution in [0.1, 0.15) is 16.2 Å². The molecule has 0 amide bonds. The number of methoxy groups -OCH3 is 1. The summed E-state index contributed by atoms with van der Waals surface area (Å²) in [5, 5.41) is 0.626. The molecular formula is C18H14ClNO4. The Morgan fingerprint density at radius 2 is 2.04 bits per heavy atom. The zero-order chi connectivity index (χ0) is 16.9. The quantitative estimate of drug-likeness (QED) is 0.644. The highest BCUT2D eigenvalue weighted by Gasteiger charge is 2.09. The number of nitrogens with zero attached hydrogens (tertiary/aromatic N) is 1. The van der Waals surface area contributed by atoms with E-state index >= 15 is 0 Å². The number of carbonyl (C=O) groups is 1. The number of rotatable bonds is 5. The van der Waals surface area contributed by atoms with E-state index in [9.17, 15) is 4.79 Å². The Bertz CT molecular complexity index is 859. The summed E-state index contributed by atoms with van der Waals surface area (Å²) in [4.78, 5) is 15.7. The molecule has 0 aliphatic carbocycles. The van der Waals surface area contributed by atoms with Crippen molar-refractivity contribution in [3.63, 3.8) is 0 Å². The van der Waals surface area contributed by atoms with Crippen molar-refractivity contribution in [3.8, 4) is 17.1 Å². The van der Waals surface area contributed by atoms with Crippen molar-refractivity contribution in [2.45, 2.75) is 6.61 Å². The highest BCUT2D eigenvalue weighted by Crippen LogP contribution is 2.24. The summed E-state index contributed by atoms with van der Waals surface area (Å²) < 4.78 is 15.9. The summed E-state index contributed by atoms with van der Waals surface area (Å²) in [7, 11) is 1.33. The minimum absolute atomic E-state index is 0.144. The molecule has 6 heteroatoms. The Hall–Kier alpha value is -2.79. The zero-order valence-corrected chi connectivity index (χ0v) is 13.6. The highest BCUT2D eigenvalue weighted by molar-refractivity contribution is 6.30. The minimum Gasteiger partial charge on any atom is -0.484 e. The van der Waals surface area contributed by atoms with Crippen LogP contribution in [0.3, 0.4) is 0 Å². The molecule has 1 aromatic heterocycles. The fraction of sp³-hybridized carbons (Fsp3) is 0.111. The van der Waals surface area contributed by atoms with Crippen LogP contribution in [-0.4, -0.2) is 18.1 Å². The first-order valence-electron chi connectivity index (χ1n) is 7.17. The molecule has 122 valence electrons. The summed E-state index contributed by atoms with van der Waals surface area (Å²) in [6.45, 7) is 0.144. The average molecular weight is 344 g/mol. The van der Waals surface area contributed by atoms with Crippen LogP contribution < -0.4 is 4.74 Å². The van der Waals surface area contributed by atoms with Gasteiger partial charge in [-0.25, -0.2) is 9.78 Å². The van der Waals surface area contributed by atoms with E-state index in [2.05, 4.69) is 9.72 Å². The number of carbonyl (C=O) groups excluding carboxylic acids is 1. The Morgan fingerprint density at radius 3 is 2.83 bits per heavy atom. The maximum Gasteiger partial charge on any atom is 0.337 e. The van der Waals surface area contributed by atoms with Gasteiger partial charge in [0.25, 0.3) is 0 Å². The molecule has 24 heavy (non-hydrogen) atoms. The van der Waals surface area contributed by atoms with Crippen molar-refractivity contribution in [1.82, 2.24) is 4.98 Å². The molecule has 0 fully saturated rings. The van der Waals surface area contributed by atoms with Crippen molar-refractivity contribution in [1.29, 1.82) is 0 Å². The van der Waals surface area contributed by atoms with Crippen molar-refractivity contribution in [2.75, 3.05) is 7.11 Å². The third-order valence-electron chi connectivity index (χ3n) is 3.28. The first kappa shape index (κ1) is 16.1. The predicted octanol–water partition coefficient (Wildman–Crippen LogP) is 4.36. The minimum atomic E-state index is -0.417. The van der Waals surface area contributed by atoms with Gasteiger partial charge in [-0.05, 0) is 30.3 Å². The molecule has 5 nitrogen and oxygen atoms in total. The molecule has 0 aliphatic heterocycles. The van der Waals surface area contributed by atoms with E-state index in [4.69, 9.17) is 20.8 Å². The van der Waals surface area contributed by atoms with E-state index in [-0.39, 0.29) is 6.61 Å². The predicted molar refractivity (Wildman–Crippen MR) is 89.1 cm³/mol. The molecule has 0 spiro atoms. The van der Waals surface area contributed by atoms with E-state index in [1.54, 1.807) is 42.6 Å². The van der Waals surface area contributed by atoms with Gasteiger partial charge in [0.15, 0.2) is 12.4 Å². The third kappa shape index (κ3) is 3.75. The van der Waals surface area contributed by atoms with Crippen molar-refractivity contribution < 1.29 is 18.7 Å². The molecular weight excluding hydrogens is 330 g/mol. The fourth-order valence-electron chi connectivity index (χ4n) is 2.13. The normalized spacial score (nSPS) is 10.4. The van der Waals surface area contributed by atoms with E-state index in [1.165, 1.54) is 7.11 Å². The van der Waals surface area contributed by atoms with Crippen LogP contribution in [-0.2, 0) is 11.3 Å². The van der Waals surface area contributed by atoms with Crippen molar-refractivity contribution in [3.05, 3.63) is 71.2 Å². The molecule has 0 saturated heterocycles. The number of aromatic nitrogens is 1. The van der Waals surface area contributed by atoms with Crippen LogP contribution in [0, 0.1) is 0 Å². The van der Waals surface area contributed by atoms with E-state index < -0.39 is 5.97 Å². The molecule has 0 N–H and O–H groups in total. The lowest BCUT2D eigenvalue weighted by atomic mass is 10.2. The fourth-order valence-corrected chi connectivity index (χ4v) is 2.32. The number of oxazole rings is 1. The van der Waals surface area contributed by atoms with Crippen LogP contribution in [0.15, 0.2) is 59.1 Å². The second-order valence-corrected chi connectivity index (χ2v) is 5.37. The number of hydrogen-bond donors (Lipinski definition) is 0. The third-order valence-corrected chi connectivity index (χ3v) is 3.52. The van der Waals surface area contributed by atoms with Gasteiger partial charge in [0, 0.05) is 10.6 Å². The lowest BCUT2D eigenvalue weighted by Crippen LogP contribution is -2.02. The van der Waals surface area contributed by atoms with Gasteiger partial charge in [-0.2, -0.15) is 0 Å². The van der Waals surface area contributed by atoms with Crippen LogP contribution in [0.2, 0.25) is 5.02 Å². The van der Waals surface area contributed by atoms with E-state index in [1.807, 2.05) is 12.1 Å². The van der Waals surface area contributed by atoms with Crippen LogP contribution in [0.5, 0.6) is 5.75 Å². The van der Waals surface area contributed by atoms with Gasteiger partial charge in [0.05, 0.1) is 18.9 Å². The smallest absolute Gasteiger partial charge is 0.337 e. The second-order valence-electron chi connectivity index (χ2n) is 4.94. The molecule has 3 aromatic rings. The molecule has 0 radical (unpaired) electrons. The van der Waals surface area contributed by atoms with Gasteiger partial charge in [0.2, 0.25) is 5.89 Å². The highest BCUT2D eigenvalue weighted by atomic mass is 35.5. The maximum absolute atomic E-state index is 11.5. The molecule has 0 saturated carbocycles. The molecule has 1 heterocycles.